The summed E-state index contributed by atoms with van der Waals surface area (Å²) in [5.41, 5.74) is 1.17. The summed E-state index contributed by atoms with van der Waals surface area (Å²) >= 11 is 0. The smallest absolute Gasteiger partial charge is 0.399 e. The molecule has 0 bridgehead atoms. The fraction of sp³-hybridized carbons (Fsp3) is 0.467. The molecule has 6 heteroatoms. The van der Waals surface area contributed by atoms with Crippen molar-refractivity contribution in [1.29, 1.82) is 0 Å². The van der Waals surface area contributed by atoms with Crippen LogP contribution in [0.4, 0.5) is 5.95 Å². The lowest BCUT2D eigenvalue weighted by Gasteiger charge is -2.32. The zero-order valence-corrected chi connectivity index (χ0v) is 13.1. The van der Waals surface area contributed by atoms with Gasteiger partial charge in [0.15, 0.2) is 0 Å². The van der Waals surface area contributed by atoms with Gasteiger partial charge in [-0.25, -0.2) is 9.97 Å². The lowest BCUT2D eigenvalue weighted by atomic mass is 9.79. The Morgan fingerprint density at radius 1 is 1.10 bits per heavy atom. The zero-order valence-electron chi connectivity index (χ0n) is 13.1. The molecule has 1 aromatic heterocycles. The zero-order chi connectivity index (χ0) is 15.3. The third-order valence-electron chi connectivity index (χ3n) is 4.36. The molecule has 1 fully saturated rings. The number of nitrogens with one attached hydrogen (secondary N) is 1. The second-order valence-electron chi connectivity index (χ2n) is 6.35. The fourth-order valence-corrected chi connectivity index (χ4v) is 2.29. The molecule has 21 heavy (non-hydrogen) atoms. The highest BCUT2D eigenvalue weighted by Crippen LogP contribution is 2.36. The van der Waals surface area contributed by atoms with Crippen molar-refractivity contribution in [2.45, 2.75) is 38.9 Å². The summed E-state index contributed by atoms with van der Waals surface area (Å²) in [7, 11) is 1.44. The van der Waals surface area contributed by atoms with Crippen molar-refractivity contribution in [1.82, 2.24) is 9.97 Å². The molecule has 1 aliphatic heterocycles. The summed E-state index contributed by atoms with van der Waals surface area (Å²) < 4.78 is 12.1. The minimum atomic E-state index is -0.368. The molecule has 5 nitrogen and oxygen atoms in total. The topological polar surface area (TPSA) is 56.3 Å². The van der Waals surface area contributed by atoms with E-state index in [0.717, 1.165) is 16.4 Å². The van der Waals surface area contributed by atoms with Crippen molar-refractivity contribution in [2.24, 2.45) is 0 Å². The maximum atomic E-state index is 6.07. The average molecular weight is 285 g/mol. The quantitative estimate of drug-likeness (QED) is 0.855. The lowest BCUT2D eigenvalue weighted by molar-refractivity contribution is 0.00578. The molecule has 0 radical (unpaired) electrons. The Hall–Kier alpha value is -1.66. The molecule has 0 unspecified atom stereocenters. The summed E-state index contributed by atoms with van der Waals surface area (Å²) in [5.74, 6) is 0.605. The first kappa shape index (κ1) is 14.3. The van der Waals surface area contributed by atoms with Gasteiger partial charge in [-0.15, -0.1) is 0 Å². The van der Waals surface area contributed by atoms with Crippen LogP contribution in [0.25, 0.3) is 10.9 Å². The minimum absolute atomic E-state index is 0.339. The molecular formula is C15H20BN3O2. The SMILES string of the molecule is CNc1ncc2ccc(B3OC(C)(C)C(C)(C)O3)cc2n1. The number of hydrogen-bond acceptors (Lipinski definition) is 5. The van der Waals surface area contributed by atoms with Crippen molar-refractivity contribution in [3.8, 4) is 0 Å². The van der Waals surface area contributed by atoms with Gasteiger partial charge in [0.2, 0.25) is 5.95 Å². The van der Waals surface area contributed by atoms with Gasteiger partial charge in [0, 0.05) is 18.6 Å². The van der Waals surface area contributed by atoms with Gasteiger partial charge < -0.3 is 14.6 Å². The number of benzene rings is 1. The van der Waals surface area contributed by atoms with E-state index in [2.05, 4.69) is 43.0 Å². The van der Waals surface area contributed by atoms with Crippen molar-refractivity contribution in [2.75, 3.05) is 12.4 Å². The van der Waals surface area contributed by atoms with Gasteiger partial charge in [-0.05, 0) is 39.2 Å². The molecular weight excluding hydrogens is 265 g/mol. The first-order valence-electron chi connectivity index (χ1n) is 7.12. The van der Waals surface area contributed by atoms with Crippen LogP contribution in [0.3, 0.4) is 0 Å². The van der Waals surface area contributed by atoms with E-state index in [9.17, 15) is 0 Å². The highest BCUT2D eigenvalue weighted by molar-refractivity contribution is 6.62. The van der Waals surface area contributed by atoms with Crippen LogP contribution < -0.4 is 10.8 Å². The highest BCUT2D eigenvalue weighted by Gasteiger charge is 2.51. The Bertz CT molecular complexity index is 672. The van der Waals surface area contributed by atoms with Gasteiger partial charge in [-0.3, -0.25) is 0 Å². The normalized spacial score (nSPS) is 20.0. The number of nitrogens with zero attached hydrogens (tertiary/aromatic N) is 2. The average Bonchev–Trinajstić information content (AvgIpc) is 2.66. The standard InChI is InChI=1S/C15H20BN3O2/c1-14(2)15(3,4)21-16(20-14)11-7-6-10-9-18-13(17-5)19-12(10)8-11/h6-9H,1-5H3,(H,17,18,19). The summed E-state index contributed by atoms with van der Waals surface area (Å²) in [4.78, 5) is 8.68. The van der Waals surface area contributed by atoms with Crippen LogP contribution in [-0.4, -0.2) is 35.3 Å². The largest absolute Gasteiger partial charge is 0.494 e. The first-order valence-corrected chi connectivity index (χ1v) is 7.12. The van der Waals surface area contributed by atoms with Crippen molar-refractivity contribution >= 4 is 29.4 Å². The second kappa shape index (κ2) is 4.68. The Balaban J connectivity index is 1.98. The van der Waals surface area contributed by atoms with Gasteiger partial charge in [-0.1, -0.05) is 12.1 Å². The molecule has 2 heterocycles. The summed E-state index contributed by atoms with van der Waals surface area (Å²) in [6.45, 7) is 8.20. The van der Waals surface area contributed by atoms with E-state index in [1.54, 1.807) is 7.05 Å². The van der Waals surface area contributed by atoms with Gasteiger partial charge in [0.05, 0.1) is 16.7 Å². The number of fused-ring (bicyclic) bond motifs is 1. The van der Waals surface area contributed by atoms with Crippen LogP contribution in [-0.2, 0) is 9.31 Å². The lowest BCUT2D eigenvalue weighted by Crippen LogP contribution is -2.41. The molecule has 0 amide bonds. The van der Waals surface area contributed by atoms with E-state index in [1.807, 2.05) is 24.4 Å². The number of hydrogen-bond donors (Lipinski definition) is 1. The molecule has 2 aromatic rings. The monoisotopic (exact) mass is 285 g/mol. The van der Waals surface area contributed by atoms with Gasteiger partial charge in [0.1, 0.15) is 0 Å². The maximum absolute atomic E-state index is 6.07. The highest BCUT2D eigenvalue weighted by atomic mass is 16.7. The summed E-state index contributed by atoms with van der Waals surface area (Å²) in [5, 5.41) is 3.94. The van der Waals surface area contributed by atoms with E-state index in [1.165, 1.54) is 0 Å². The number of anilines is 1. The number of rotatable bonds is 2. The Kier molecular flexibility index (Phi) is 3.18. The Morgan fingerprint density at radius 2 is 1.76 bits per heavy atom. The van der Waals surface area contributed by atoms with E-state index in [0.29, 0.717) is 5.95 Å². The molecule has 0 spiro atoms. The van der Waals surface area contributed by atoms with E-state index in [4.69, 9.17) is 9.31 Å². The van der Waals surface area contributed by atoms with Crippen LogP contribution >= 0.6 is 0 Å². The van der Waals surface area contributed by atoms with Crippen LogP contribution in [0.5, 0.6) is 0 Å². The second-order valence-corrected chi connectivity index (χ2v) is 6.35. The van der Waals surface area contributed by atoms with Crippen LogP contribution in [0.1, 0.15) is 27.7 Å². The van der Waals surface area contributed by atoms with Gasteiger partial charge in [0.25, 0.3) is 0 Å². The molecule has 3 rings (SSSR count). The third-order valence-corrected chi connectivity index (χ3v) is 4.36. The van der Waals surface area contributed by atoms with Crippen molar-refractivity contribution < 1.29 is 9.31 Å². The summed E-state index contributed by atoms with van der Waals surface area (Å²) in [6, 6.07) is 6.00. The molecule has 1 aromatic carbocycles. The van der Waals surface area contributed by atoms with Crippen LogP contribution in [0.15, 0.2) is 24.4 Å². The molecule has 0 aliphatic carbocycles. The number of aromatic nitrogens is 2. The van der Waals surface area contributed by atoms with Crippen LogP contribution in [0.2, 0.25) is 0 Å². The Labute approximate surface area is 125 Å². The predicted molar refractivity (Wildman–Crippen MR) is 84.8 cm³/mol. The molecule has 1 saturated heterocycles. The minimum Gasteiger partial charge on any atom is -0.399 e. The predicted octanol–water partition coefficient (Wildman–Crippen LogP) is 1.97. The first-order chi connectivity index (χ1) is 9.82. The van der Waals surface area contributed by atoms with Gasteiger partial charge in [-0.2, -0.15) is 0 Å². The van der Waals surface area contributed by atoms with Crippen LogP contribution in [0, 0.1) is 0 Å². The molecule has 110 valence electrons. The van der Waals surface area contributed by atoms with E-state index < -0.39 is 0 Å². The molecule has 0 atom stereocenters. The third kappa shape index (κ3) is 2.38. The van der Waals surface area contributed by atoms with E-state index >= 15 is 0 Å². The van der Waals surface area contributed by atoms with E-state index in [-0.39, 0.29) is 18.3 Å². The summed E-state index contributed by atoms with van der Waals surface area (Å²) in [6.07, 6.45) is 1.81. The fourth-order valence-electron chi connectivity index (χ4n) is 2.29. The molecule has 1 N–H and O–H groups in total. The maximum Gasteiger partial charge on any atom is 0.494 e. The molecule has 1 aliphatic rings. The van der Waals surface area contributed by atoms with Crippen molar-refractivity contribution in [3.63, 3.8) is 0 Å². The van der Waals surface area contributed by atoms with Gasteiger partial charge >= 0.3 is 7.12 Å². The Morgan fingerprint density at radius 3 is 2.38 bits per heavy atom. The van der Waals surface area contributed by atoms with Crippen molar-refractivity contribution in [3.05, 3.63) is 24.4 Å². The molecule has 0 saturated carbocycles.